The van der Waals surface area contributed by atoms with Crippen molar-refractivity contribution in [3.8, 4) is 5.88 Å². The van der Waals surface area contributed by atoms with Gasteiger partial charge in [0.1, 0.15) is 5.54 Å². The molecule has 7 heteroatoms. The minimum absolute atomic E-state index is 0.190. The molecule has 102 valence electrons. The Morgan fingerprint density at radius 2 is 1.83 bits per heavy atom. The van der Waals surface area contributed by atoms with E-state index in [1.54, 1.807) is 13.0 Å². The molecular weight excluding hydrogens is 238 g/mol. The number of hydrogen-bond donors (Lipinski definition) is 4. The predicted molar refractivity (Wildman–Crippen MR) is 65.5 cm³/mol. The van der Waals surface area contributed by atoms with Crippen LogP contribution in [0, 0.1) is 6.92 Å². The van der Waals surface area contributed by atoms with E-state index in [4.69, 9.17) is 4.74 Å². The molecule has 0 radical (unpaired) electrons. The second kappa shape index (κ2) is 6.48. The Balaban J connectivity index is 2.95. The van der Waals surface area contributed by atoms with Crippen molar-refractivity contribution in [3.05, 3.63) is 11.8 Å². The highest BCUT2D eigenvalue weighted by atomic mass is 16.5. The number of anilines is 1. The fourth-order valence-electron chi connectivity index (χ4n) is 1.32. The summed E-state index contributed by atoms with van der Waals surface area (Å²) in [6.07, 6.45) is 0. The van der Waals surface area contributed by atoms with Gasteiger partial charge in [-0.25, -0.2) is 4.98 Å². The average Bonchev–Trinajstić information content (AvgIpc) is 2.36. The van der Waals surface area contributed by atoms with Crippen LogP contribution in [0.1, 0.15) is 12.6 Å². The molecule has 0 aliphatic carbocycles. The van der Waals surface area contributed by atoms with Gasteiger partial charge in [-0.1, -0.05) is 0 Å². The van der Waals surface area contributed by atoms with Crippen molar-refractivity contribution < 1.29 is 20.1 Å². The Morgan fingerprint density at radius 1 is 1.22 bits per heavy atom. The molecule has 18 heavy (non-hydrogen) atoms. The fraction of sp³-hybridized carbons (Fsp3) is 0.636. The number of ether oxygens (including phenoxy) is 1. The van der Waals surface area contributed by atoms with Crippen molar-refractivity contribution in [2.45, 2.75) is 19.4 Å². The molecule has 1 aromatic rings. The molecule has 1 rings (SSSR count). The van der Waals surface area contributed by atoms with Crippen LogP contribution in [0.4, 0.5) is 5.95 Å². The zero-order valence-electron chi connectivity index (χ0n) is 10.6. The summed E-state index contributed by atoms with van der Waals surface area (Å²) >= 11 is 0. The topological polar surface area (TPSA) is 108 Å². The molecule has 0 aliphatic rings. The van der Waals surface area contributed by atoms with Crippen LogP contribution in [0.3, 0.4) is 0 Å². The highest BCUT2D eigenvalue weighted by Crippen LogP contribution is 2.16. The van der Waals surface area contributed by atoms with Gasteiger partial charge in [0.25, 0.3) is 0 Å². The third-order valence-corrected chi connectivity index (χ3v) is 2.41. The lowest BCUT2D eigenvalue weighted by Crippen LogP contribution is -2.49. The van der Waals surface area contributed by atoms with E-state index in [2.05, 4.69) is 15.3 Å². The van der Waals surface area contributed by atoms with Crippen molar-refractivity contribution in [2.24, 2.45) is 0 Å². The predicted octanol–water partition coefficient (Wildman–Crippen LogP) is -0.689. The molecule has 0 aliphatic heterocycles. The van der Waals surface area contributed by atoms with E-state index >= 15 is 0 Å². The largest absolute Gasteiger partial charge is 0.478 e. The van der Waals surface area contributed by atoms with Crippen molar-refractivity contribution in [2.75, 3.05) is 31.7 Å². The highest BCUT2D eigenvalue weighted by molar-refractivity contribution is 5.34. The van der Waals surface area contributed by atoms with Gasteiger partial charge >= 0.3 is 0 Å². The normalized spacial score (nSPS) is 11.4. The minimum Gasteiger partial charge on any atom is -0.478 e. The molecule has 1 aromatic heterocycles. The first-order valence-corrected chi connectivity index (χ1v) is 5.68. The van der Waals surface area contributed by atoms with Gasteiger partial charge in [0.05, 0.1) is 26.4 Å². The maximum absolute atomic E-state index is 9.21. The van der Waals surface area contributed by atoms with Crippen molar-refractivity contribution in [1.82, 2.24) is 9.97 Å². The lowest BCUT2D eigenvalue weighted by atomic mass is 10.0. The zero-order chi connectivity index (χ0) is 13.6. The summed E-state index contributed by atoms with van der Waals surface area (Å²) in [7, 11) is 0. The molecule has 0 bridgehead atoms. The zero-order valence-corrected chi connectivity index (χ0v) is 10.6. The average molecular weight is 257 g/mol. The van der Waals surface area contributed by atoms with Crippen LogP contribution < -0.4 is 10.1 Å². The van der Waals surface area contributed by atoms with Crippen LogP contribution in [-0.4, -0.2) is 57.3 Å². The van der Waals surface area contributed by atoms with E-state index in [0.717, 1.165) is 0 Å². The fourth-order valence-corrected chi connectivity index (χ4v) is 1.32. The monoisotopic (exact) mass is 257 g/mol. The molecule has 0 fully saturated rings. The molecule has 0 amide bonds. The van der Waals surface area contributed by atoms with E-state index in [1.165, 1.54) is 0 Å². The van der Waals surface area contributed by atoms with E-state index in [0.29, 0.717) is 18.2 Å². The Morgan fingerprint density at radius 3 is 2.33 bits per heavy atom. The van der Waals surface area contributed by atoms with Crippen LogP contribution in [0.25, 0.3) is 0 Å². The van der Waals surface area contributed by atoms with E-state index in [9.17, 15) is 15.3 Å². The summed E-state index contributed by atoms with van der Waals surface area (Å²) in [4.78, 5) is 8.18. The molecule has 1 heterocycles. The summed E-state index contributed by atoms with van der Waals surface area (Å²) in [6.45, 7) is 2.75. The summed E-state index contributed by atoms with van der Waals surface area (Å²) < 4.78 is 5.26. The number of hydrogen-bond acceptors (Lipinski definition) is 7. The Kier molecular flexibility index (Phi) is 5.26. The number of aryl methyl sites for hydroxylation is 1. The lowest BCUT2D eigenvalue weighted by Gasteiger charge is -2.28. The third kappa shape index (κ3) is 3.52. The number of nitrogens with one attached hydrogen (secondary N) is 1. The summed E-state index contributed by atoms with van der Waals surface area (Å²) in [6, 6.07) is 1.67. The first-order chi connectivity index (χ1) is 8.59. The molecule has 0 aromatic carbocycles. The molecule has 4 N–H and O–H groups in total. The maximum atomic E-state index is 9.21. The molecular formula is C11H19N3O4. The smallest absolute Gasteiger partial charge is 0.226 e. The Hall–Kier alpha value is -1.44. The van der Waals surface area contributed by atoms with Gasteiger partial charge in [0.2, 0.25) is 11.8 Å². The second-order valence-electron chi connectivity index (χ2n) is 3.98. The lowest BCUT2D eigenvalue weighted by molar-refractivity contribution is 0.0827. The SMILES string of the molecule is CCOc1cc(C)nc(NC(CO)(CO)CO)n1. The molecule has 0 saturated heterocycles. The standard InChI is InChI=1S/C11H19N3O4/c1-3-18-9-4-8(2)12-10(13-9)14-11(5-15,6-16)7-17/h4,15-17H,3,5-7H2,1-2H3,(H,12,13,14). The van der Waals surface area contributed by atoms with Gasteiger partial charge in [-0.15, -0.1) is 0 Å². The Labute approximate surface area is 105 Å². The van der Waals surface area contributed by atoms with E-state index in [-0.39, 0.29) is 5.95 Å². The highest BCUT2D eigenvalue weighted by Gasteiger charge is 2.29. The molecule has 0 saturated carbocycles. The summed E-state index contributed by atoms with van der Waals surface area (Å²) in [5.74, 6) is 0.589. The van der Waals surface area contributed by atoms with Crippen molar-refractivity contribution in [1.29, 1.82) is 0 Å². The van der Waals surface area contributed by atoms with Gasteiger partial charge in [-0.2, -0.15) is 4.98 Å². The van der Waals surface area contributed by atoms with Gasteiger partial charge in [-0.05, 0) is 13.8 Å². The van der Waals surface area contributed by atoms with Crippen LogP contribution in [0.5, 0.6) is 5.88 Å². The minimum atomic E-state index is -1.25. The second-order valence-corrected chi connectivity index (χ2v) is 3.98. The van der Waals surface area contributed by atoms with Crippen LogP contribution in [-0.2, 0) is 0 Å². The summed E-state index contributed by atoms with van der Waals surface area (Å²) in [5, 5.41) is 30.4. The summed E-state index contributed by atoms with van der Waals surface area (Å²) in [5.41, 5.74) is -0.573. The number of aliphatic hydroxyl groups is 3. The number of aliphatic hydroxyl groups excluding tert-OH is 3. The quantitative estimate of drug-likeness (QED) is 0.512. The first-order valence-electron chi connectivity index (χ1n) is 5.68. The molecule has 0 atom stereocenters. The van der Waals surface area contributed by atoms with Gasteiger partial charge in [0.15, 0.2) is 0 Å². The van der Waals surface area contributed by atoms with E-state index in [1.807, 2.05) is 6.92 Å². The Bertz CT molecular complexity index is 374. The van der Waals surface area contributed by atoms with Crippen molar-refractivity contribution in [3.63, 3.8) is 0 Å². The van der Waals surface area contributed by atoms with Crippen molar-refractivity contribution >= 4 is 5.95 Å². The number of rotatable bonds is 7. The maximum Gasteiger partial charge on any atom is 0.226 e. The van der Waals surface area contributed by atoms with Gasteiger partial charge in [-0.3, -0.25) is 0 Å². The van der Waals surface area contributed by atoms with Gasteiger partial charge < -0.3 is 25.4 Å². The van der Waals surface area contributed by atoms with Crippen LogP contribution >= 0.6 is 0 Å². The third-order valence-electron chi connectivity index (χ3n) is 2.41. The molecule has 7 nitrogen and oxygen atoms in total. The number of aromatic nitrogens is 2. The van der Waals surface area contributed by atoms with Crippen LogP contribution in [0.2, 0.25) is 0 Å². The molecule has 0 unspecified atom stereocenters. The van der Waals surface area contributed by atoms with E-state index < -0.39 is 25.4 Å². The molecule has 0 spiro atoms. The first kappa shape index (κ1) is 14.6. The van der Waals surface area contributed by atoms with Gasteiger partial charge in [0, 0.05) is 11.8 Å². The number of nitrogens with zero attached hydrogens (tertiary/aromatic N) is 2. The van der Waals surface area contributed by atoms with Crippen LogP contribution in [0.15, 0.2) is 6.07 Å².